The van der Waals surface area contributed by atoms with E-state index in [0.29, 0.717) is 0 Å². The van der Waals surface area contributed by atoms with Gasteiger partial charge in [0.2, 0.25) is 0 Å². The average Bonchev–Trinajstić information content (AvgIpc) is 2.37. The first-order chi connectivity index (χ1) is 9.10. The largest absolute Gasteiger partial charge is 0.456 e. The van der Waals surface area contributed by atoms with Crippen LogP contribution in [0.5, 0.6) is 11.5 Å². The Kier molecular flexibility index (Phi) is 4.61. The van der Waals surface area contributed by atoms with Gasteiger partial charge in [-0.05, 0) is 77.8 Å². The van der Waals surface area contributed by atoms with Crippen LogP contribution in [0, 0.1) is 13.8 Å². The van der Waals surface area contributed by atoms with Gasteiger partial charge in [0.25, 0.3) is 0 Å². The highest BCUT2D eigenvalue weighted by Gasteiger charge is 2.05. The molecule has 2 aromatic carbocycles. The maximum atomic E-state index is 5.91. The number of ether oxygens (including phenoxy) is 1. The molecular formula is C16H18BrNO. The molecule has 0 unspecified atom stereocenters. The van der Waals surface area contributed by atoms with Gasteiger partial charge in [-0.3, -0.25) is 0 Å². The number of rotatable bonds is 4. The van der Waals surface area contributed by atoms with Crippen molar-refractivity contribution in [3.8, 4) is 11.5 Å². The minimum Gasteiger partial charge on any atom is -0.456 e. The molecule has 0 bridgehead atoms. The fraction of sp³-hybridized carbons (Fsp3) is 0.250. The normalized spacial score (nSPS) is 10.5. The van der Waals surface area contributed by atoms with Gasteiger partial charge in [-0.25, -0.2) is 0 Å². The molecule has 0 spiro atoms. The summed E-state index contributed by atoms with van der Waals surface area (Å²) in [5, 5.41) is 3.13. The van der Waals surface area contributed by atoms with Crippen LogP contribution in [-0.4, -0.2) is 7.05 Å². The molecule has 0 saturated heterocycles. The van der Waals surface area contributed by atoms with Gasteiger partial charge in [-0.2, -0.15) is 0 Å². The Bertz CT molecular complexity index is 581. The highest BCUT2D eigenvalue weighted by molar-refractivity contribution is 9.10. The summed E-state index contributed by atoms with van der Waals surface area (Å²) < 4.78 is 6.88. The van der Waals surface area contributed by atoms with Crippen molar-refractivity contribution < 1.29 is 4.74 Å². The molecule has 0 saturated carbocycles. The Morgan fingerprint density at radius 3 is 2.47 bits per heavy atom. The molecule has 3 heteroatoms. The molecule has 2 aromatic rings. The zero-order valence-corrected chi connectivity index (χ0v) is 13.0. The van der Waals surface area contributed by atoms with E-state index in [2.05, 4.69) is 59.4 Å². The number of nitrogens with one attached hydrogen (secondary N) is 1. The van der Waals surface area contributed by atoms with E-state index in [-0.39, 0.29) is 0 Å². The predicted molar refractivity (Wildman–Crippen MR) is 82.9 cm³/mol. The fourth-order valence-corrected chi connectivity index (χ4v) is 2.35. The zero-order chi connectivity index (χ0) is 13.8. The summed E-state index contributed by atoms with van der Waals surface area (Å²) in [5.74, 6) is 1.70. The molecule has 1 N–H and O–H groups in total. The van der Waals surface area contributed by atoms with Crippen LogP contribution in [0.3, 0.4) is 0 Å². The second-order valence-corrected chi connectivity index (χ2v) is 5.50. The van der Waals surface area contributed by atoms with E-state index in [9.17, 15) is 0 Å². The lowest BCUT2D eigenvalue weighted by molar-refractivity contribution is 0.478. The first-order valence-corrected chi connectivity index (χ1v) is 7.07. The van der Waals surface area contributed by atoms with Crippen LogP contribution in [0.15, 0.2) is 40.9 Å². The van der Waals surface area contributed by atoms with Crippen LogP contribution in [0.2, 0.25) is 0 Å². The van der Waals surface area contributed by atoms with Crippen molar-refractivity contribution >= 4 is 15.9 Å². The molecule has 0 aliphatic heterocycles. The van der Waals surface area contributed by atoms with Crippen LogP contribution in [0.4, 0.5) is 0 Å². The third kappa shape index (κ3) is 3.58. The molecular weight excluding hydrogens is 302 g/mol. The molecule has 100 valence electrons. The third-order valence-corrected chi connectivity index (χ3v) is 3.70. The van der Waals surface area contributed by atoms with Gasteiger partial charge >= 0.3 is 0 Å². The van der Waals surface area contributed by atoms with Gasteiger partial charge in [-0.1, -0.05) is 12.1 Å². The molecule has 0 aliphatic carbocycles. The monoisotopic (exact) mass is 319 g/mol. The van der Waals surface area contributed by atoms with Gasteiger partial charge in [0, 0.05) is 6.54 Å². The van der Waals surface area contributed by atoms with Crippen molar-refractivity contribution in [1.82, 2.24) is 5.32 Å². The van der Waals surface area contributed by atoms with Gasteiger partial charge < -0.3 is 10.1 Å². The molecule has 0 aromatic heterocycles. The summed E-state index contributed by atoms with van der Waals surface area (Å²) in [6.45, 7) is 5.04. The molecule has 0 radical (unpaired) electrons. The summed E-state index contributed by atoms with van der Waals surface area (Å²) in [7, 11) is 1.94. The topological polar surface area (TPSA) is 21.3 Å². The first kappa shape index (κ1) is 14.1. The van der Waals surface area contributed by atoms with E-state index < -0.39 is 0 Å². The van der Waals surface area contributed by atoms with Crippen molar-refractivity contribution in [3.63, 3.8) is 0 Å². The van der Waals surface area contributed by atoms with E-state index in [1.807, 2.05) is 19.2 Å². The van der Waals surface area contributed by atoms with Gasteiger partial charge in [0.05, 0.1) is 4.47 Å². The highest BCUT2D eigenvalue weighted by Crippen LogP contribution is 2.31. The van der Waals surface area contributed by atoms with E-state index in [1.165, 1.54) is 16.7 Å². The van der Waals surface area contributed by atoms with Crippen molar-refractivity contribution in [2.45, 2.75) is 20.4 Å². The quantitative estimate of drug-likeness (QED) is 0.890. The minimum atomic E-state index is 0.836. The molecule has 0 heterocycles. The van der Waals surface area contributed by atoms with Crippen molar-refractivity contribution in [1.29, 1.82) is 0 Å². The summed E-state index contributed by atoms with van der Waals surface area (Å²) in [6, 6.07) is 12.3. The fourth-order valence-electron chi connectivity index (χ4n) is 1.85. The predicted octanol–water partition coefficient (Wildman–Crippen LogP) is 4.58. The molecule has 0 amide bonds. The average molecular weight is 320 g/mol. The Hall–Kier alpha value is -1.32. The van der Waals surface area contributed by atoms with Crippen molar-refractivity contribution in [2.75, 3.05) is 7.05 Å². The maximum Gasteiger partial charge on any atom is 0.141 e. The van der Waals surface area contributed by atoms with Gasteiger partial charge in [-0.15, -0.1) is 0 Å². The van der Waals surface area contributed by atoms with E-state index in [4.69, 9.17) is 4.74 Å². The summed E-state index contributed by atoms with van der Waals surface area (Å²) in [4.78, 5) is 0. The summed E-state index contributed by atoms with van der Waals surface area (Å²) >= 11 is 3.55. The minimum absolute atomic E-state index is 0.836. The molecule has 2 rings (SSSR count). The molecule has 0 fully saturated rings. The molecule has 19 heavy (non-hydrogen) atoms. The lowest BCUT2D eigenvalue weighted by atomic mass is 10.1. The smallest absolute Gasteiger partial charge is 0.141 e. The third-order valence-electron chi connectivity index (χ3n) is 3.08. The number of hydrogen-bond acceptors (Lipinski definition) is 2. The van der Waals surface area contributed by atoms with Crippen LogP contribution < -0.4 is 10.1 Å². The molecule has 0 atom stereocenters. The van der Waals surface area contributed by atoms with Crippen LogP contribution >= 0.6 is 15.9 Å². The maximum absolute atomic E-state index is 5.91. The first-order valence-electron chi connectivity index (χ1n) is 6.28. The number of aryl methyl sites for hydroxylation is 2. The zero-order valence-electron chi connectivity index (χ0n) is 11.5. The second-order valence-electron chi connectivity index (χ2n) is 4.64. The van der Waals surface area contributed by atoms with Gasteiger partial charge in [0.15, 0.2) is 0 Å². The van der Waals surface area contributed by atoms with Crippen LogP contribution in [-0.2, 0) is 6.54 Å². The SMILES string of the molecule is CNCc1ccc(Oc2ccc(C)c(C)c2)c(Br)c1. The Labute approximate surface area is 122 Å². The van der Waals surface area contributed by atoms with Crippen LogP contribution in [0.25, 0.3) is 0 Å². The number of hydrogen-bond donors (Lipinski definition) is 1. The summed E-state index contributed by atoms with van der Waals surface area (Å²) in [5.41, 5.74) is 3.73. The standard InChI is InChI=1S/C16H18BrNO/c1-11-4-6-14(8-12(11)2)19-16-7-5-13(10-18-3)9-15(16)17/h4-9,18H,10H2,1-3H3. The molecule has 0 aliphatic rings. The van der Waals surface area contributed by atoms with Crippen molar-refractivity contribution in [3.05, 3.63) is 57.6 Å². The second kappa shape index (κ2) is 6.22. The van der Waals surface area contributed by atoms with E-state index in [1.54, 1.807) is 0 Å². The lowest BCUT2D eigenvalue weighted by Gasteiger charge is -2.11. The summed E-state index contributed by atoms with van der Waals surface area (Å²) in [6.07, 6.45) is 0. The van der Waals surface area contributed by atoms with E-state index >= 15 is 0 Å². The Balaban J connectivity index is 2.20. The van der Waals surface area contributed by atoms with Crippen molar-refractivity contribution in [2.24, 2.45) is 0 Å². The molecule has 2 nitrogen and oxygen atoms in total. The number of benzene rings is 2. The Morgan fingerprint density at radius 2 is 1.84 bits per heavy atom. The number of halogens is 1. The van der Waals surface area contributed by atoms with Crippen LogP contribution in [0.1, 0.15) is 16.7 Å². The highest BCUT2D eigenvalue weighted by atomic mass is 79.9. The Morgan fingerprint density at radius 1 is 1.05 bits per heavy atom. The lowest BCUT2D eigenvalue weighted by Crippen LogP contribution is -2.04. The van der Waals surface area contributed by atoms with E-state index in [0.717, 1.165) is 22.5 Å². The van der Waals surface area contributed by atoms with Gasteiger partial charge in [0.1, 0.15) is 11.5 Å².